The molecule has 0 unspecified atom stereocenters. The molecule has 3 aromatic rings. The van der Waals surface area contributed by atoms with Crippen molar-refractivity contribution >= 4 is 5.69 Å². The van der Waals surface area contributed by atoms with Crippen LogP contribution < -0.4 is 5.32 Å². The van der Waals surface area contributed by atoms with Crippen LogP contribution in [0.4, 0.5) is 5.69 Å². The van der Waals surface area contributed by atoms with Crippen LogP contribution in [0.3, 0.4) is 0 Å². The van der Waals surface area contributed by atoms with Gasteiger partial charge in [-0.15, -0.1) is 6.42 Å². The van der Waals surface area contributed by atoms with E-state index in [1.54, 1.807) is 18.4 Å². The fourth-order valence-corrected chi connectivity index (χ4v) is 1.73. The number of anilines is 1. The van der Waals surface area contributed by atoms with Crippen LogP contribution in [0, 0.1) is 12.3 Å². The molecular formula is C15H11N3O2. The summed E-state index contributed by atoms with van der Waals surface area (Å²) in [5.41, 5.74) is 1.72. The highest BCUT2D eigenvalue weighted by molar-refractivity contribution is 5.50. The van der Waals surface area contributed by atoms with Gasteiger partial charge >= 0.3 is 0 Å². The van der Waals surface area contributed by atoms with E-state index in [0.29, 0.717) is 24.0 Å². The van der Waals surface area contributed by atoms with Crippen molar-refractivity contribution in [3.63, 3.8) is 0 Å². The first-order chi connectivity index (χ1) is 9.85. The highest BCUT2D eigenvalue weighted by Crippen LogP contribution is 2.16. The first-order valence-corrected chi connectivity index (χ1v) is 6.02. The predicted molar refractivity (Wildman–Crippen MR) is 73.7 cm³/mol. The first-order valence-electron chi connectivity index (χ1n) is 6.02. The van der Waals surface area contributed by atoms with Gasteiger partial charge in [-0.2, -0.15) is 4.98 Å². The normalized spacial score (nSPS) is 10.2. The number of nitrogens with zero attached hydrogens (tertiary/aromatic N) is 2. The van der Waals surface area contributed by atoms with Crippen LogP contribution in [0.15, 0.2) is 51.6 Å². The molecule has 0 aliphatic carbocycles. The summed E-state index contributed by atoms with van der Waals surface area (Å²) in [6.45, 7) is 0.418. The zero-order valence-electron chi connectivity index (χ0n) is 10.5. The van der Waals surface area contributed by atoms with E-state index in [9.17, 15) is 0 Å². The minimum absolute atomic E-state index is 0.418. The van der Waals surface area contributed by atoms with Gasteiger partial charge in [-0.1, -0.05) is 17.1 Å². The van der Waals surface area contributed by atoms with Crippen molar-refractivity contribution in [2.45, 2.75) is 6.54 Å². The SMILES string of the molecule is C#Cc1cccc(NCc2nc(-c3ccco3)no2)c1. The third-order valence-corrected chi connectivity index (χ3v) is 2.68. The van der Waals surface area contributed by atoms with E-state index in [2.05, 4.69) is 21.4 Å². The molecule has 0 aliphatic rings. The van der Waals surface area contributed by atoms with Gasteiger partial charge in [0.1, 0.15) is 0 Å². The van der Waals surface area contributed by atoms with Crippen LogP contribution in [-0.4, -0.2) is 10.1 Å². The first kappa shape index (κ1) is 12.1. The average Bonchev–Trinajstić information content (AvgIpc) is 3.16. The molecule has 0 spiro atoms. The number of terminal acetylenes is 1. The Balaban J connectivity index is 1.68. The van der Waals surface area contributed by atoms with Gasteiger partial charge in [-0.05, 0) is 30.3 Å². The Morgan fingerprint density at radius 1 is 1.25 bits per heavy atom. The second kappa shape index (κ2) is 5.33. The largest absolute Gasteiger partial charge is 0.461 e. The molecule has 98 valence electrons. The van der Waals surface area contributed by atoms with Gasteiger partial charge in [0.05, 0.1) is 12.8 Å². The zero-order chi connectivity index (χ0) is 13.8. The number of furan rings is 1. The van der Waals surface area contributed by atoms with E-state index in [-0.39, 0.29) is 0 Å². The molecular weight excluding hydrogens is 254 g/mol. The van der Waals surface area contributed by atoms with E-state index >= 15 is 0 Å². The average molecular weight is 265 g/mol. The van der Waals surface area contributed by atoms with Crippen molar-refractivity contribution in [3.8, 4) is 23.9 Å². The van der Waals surface area contributed by atoms with Crippen LogP contribution in [-0.2, 0) is 6.54 Å². The Labute approximate surface area is 115 Å². The predicted octanol–water partition coefficient (Wildman–Crippen LogP) is 2.92. The minimum atomic E-state index is 0.418. The molecule has 0 saturated heterocycles. The van der Waals surface area contributed by atoms with Gasteiger partial charge in [0.15, 0.2) is 5.76 Å². The second-order valence-corrected chi connectivity index (χ2v) is 4.07. The molecule has 20 heavy (non-hydrogen) atoms. The molecule has 3 rings (SSSR count). The van der Waals surface area contributed by atoms with E-state index in [0.717, 1.165) is 11.3 Å². The summed E-state index contributed by atoms with van der Waals surface area (Å²) in [4.78, 5) is 4.24. The molecule has 5 heteroatoms. The number of hydrogen-bond acceptors (Lipinski definition) is 5. The Kier molecular flexibility index (Phi) is 3.21. The van der Waals surface area contributed by atoms with Crippen LogP contribution in [0.5, 0.6) is 0 Å². The summed E-state index contributed by atoms with van der Waals surface area (Å²) in [5, 5.41) is 7.02. The van der Waals surface area contributed by atoms with Gasteiger partial charge < -0.3 is 14.3 Å². The van der Waals surface area contributed by atoms with Crippen LogP contribution >= 0.6 is 0 Å². The van der Waals surface area contributed by atoms with Crippen LogP contribution in [0.2, 0.25) is 0 Å². The molecule has 0 radical (unpaired) electrons. The summed E-state index contributed by atoms with van der Waals surface area (Å²) in [6.07, 6.45) is 6.92. The van der Waals surface area contributed by atoms with Crippen molar-refractivity contribution in [2.75, 3.05) is 5.32 Å². The van der Waals surface area contributed by atoms with E-state index in [1.165, 1.54) is 0 Å². The fourth-order valence-electron chi connectivity index (χ4n) is 1.73. The van der Waals surface area contributed by atoms with Crippen molar-refractivity contribution in [1.29, 1.82) is 0 Å². The lowest BCUT2D eigenvalue weighted by atomic mass is 10.2. The van der Waals surface area contributed by atoms with Crippen molar-refractivity contribution in [3.05, 3.63) is 54.1 Å². The summed E-state index contributed by atoms with van der Waals surface area (Å²) in [7, 11) is 0. The lowest BCUT2D eigenvalue weighted by molar-refractivity contribution is 0.382. The smallest absolute Gasteiger partial charge is 0.246 e. The maximum absolute atomic E-state index is 5.35. The third-order valence-electron chi connectivity index (χ3n) is 2.68. The van der Waals surface area contributed by atoms with Gasteiger partial charge in [0.25, 0.3) is 0 Å². The Hall–Kier alpha value is -3.00. The minimum Gasteiger partial charge on any atom is -0.461 e. The number of nitrogens with one attached hydrogen (secondary N) is 1. The van der Waals surface area contributed by atoms with E-state index in [1.807, 2.05) is 24.3 Å². The van der Waals surface area contributed by atoms with Crippen LogP contribution in [0.1, 0.15) is 11.5 Å². The maximum Gasteiger partial charge on any atom is 0.246 e. The van der Waals surface area contributed by atoms with Crippen LogP contribution in [0.25, 0.3) is 11.6 Å². The number of hydrogen-bond donors (Lipinski definition) is 1. The topological polar surface area (TPSA) is 64.1 Å². The van der Waals surface area contributed by atoms with Gasteiger partial charge in [-0.25, -0.2) is 0 Å². The highest BCUT2D eigenvalue weighted by Gasteiger charge is 2.10. The van der Waals surface area contributed by atoms with Crippen molar-refractivity contribution in [1.82, 2.24) is 10.1 Å². The number of rotatable bonds is 4. The molecule has 0 aliphatic heterocycles. The quantitative estimate of drug-likeness (QED) is 0.735. The third kappa shape index (κ3) is 2.54. The monoisotopic (exact) mass is 265 g/mol. The Bertz CT molecular complexity index is 739. The molecule has 5 nitrogen and oxygen atoms in total. The lowest BCUT2D eigenvalue weighted by Crippen LogP contribution is -1.99. The molecule has 0 saturated carbocycles. The van der Waals surface area contributed by atoms with Gasteiger partial charge in [0, 0.05) is 11.3 Å². The second-order valence-electron chi connectivity index (χ2n) is 4.07. The summed E-state index contributed by atoms with van der Waals surface area (Å²) in [6, 6.07) is 11.1. The molecule has 1 N–H and O–H groups in total. The molecule has 0 amide bonds. The highest BCUT2D eigenvalue weighted by atomic mass is 16.5. The zero-order valence-corrected chi connectivity index (χ0v) is 10.5. The molecule has 2 aromatic heterocycles. The summed E-state index contributed by atoms with van der Waals surface area (Å²) >= 11 is 0. The lowest BCUT2D eigenvalue weighted by Gasteiger charge is -2.03. The molecule has 1 aromatic carbocycles. The van der Waals surface area contributed by atoms with E-state index in [4.69, 9.17) is 15.4 Å². The summed E-state index contributed by atoms with van der Waals surface area (Å²) < 4.78 is 10.3. The standard InChI is InChI=1S/C15H11N3O2/c1-2-11-5-3-6-12(9-11)16-10-14-17-15(18-20-14)13-7-4-8-19-13/h1,3-9,16H,10H2. The fraction of sp³-hybridized carbons (Fsp3) is 0.0667. The van der Waals surface area contributed by atoms with Crippen molar-refractivity contribution < 1.29 is 8.94 Å². The molecule has 0 atom stereocenters. The Morgan fingerprint density at radius 2 is 2.20 bits per heavy atom. The van der Waals surface area contributed by atoms with Gasteiger partial charge in [-0.3, -0.25) is 0 Å². The maximum atomic E-state index is 5.35. The molecule has 2 heterocycles. The summed E-state index contributed by atoms with van der Waals surface area (Å²) in [5.74, 6) is 4.07. The Morgan fingerprint density at radius 3 is 3.00 bits per heavy atom. The van der Waals surface area contributed by atoms with E-state index < -0.39 is 0 Å². The number of aromatic nitrogens is 2. The van der Waals surface area contributed by atoms with Crippen molar-refractivity contribution in [2.24, 2.45) is 0 Å². The number of benzene rings is 1. The van der Waals surface area contributed by atoms with Gasteiger partial charge in [0.2, 0.25) is 11.7 Å². The molecule has 0 bridgehead atoms. The molecule has 0 fully saturated rings.